The molecular formula is C26H20F3N3O5S. The van der Waals surface area contributed by atoms with Crippen LogP contribution < -0.4 is 16.0 Å². The van der Waals surface area contributed by atoms with Crippen LogP contribution in [0.15, 0.2) is 52.1 Å². The van der Waals surface area contributed by atoms with Gasteiger partial charge in [-0.3, -0.25) is 9.36 Å². The lowest BCUT2D eigenvalue weighted by molar-refractivity contribution is -0.148. The Kier molecular flexibility index (Phi) is 7.15. The minimum Gasteiger partial charge on any atom is -0.481 e. The van der Waals surface area contributed by atoms with Crippen LogP contribution in [0.2, 0.25) is 0 Å². The number of terminal acetylenes is 1. The van der Waals surface area contributed by atoms with Crippen molar-refractivity contribution < 1.29 is 27.4 Å². The minimum atomic E-state index is -4.87. The third kappa shape index (κ3) is 5.19. The molecule has 0 spiro atoms. The molecule has 2 aromatic carbocycles. The van der Waals surface area contributed by atoms with E-state index in [4.69, 9.17) is 15.9 Å². The van der Waals surface area contributed by atoms with E-state index in [2.05, 4.69) is 10.3 Å². The normalized spacial score (nSPS) is 12.2. The molecule has 0 fully saturated rings. The summed E-state index contributed by atoms with van der Waals surface area (Å²) in [7, 11) is 0.947. The van der Waals surface area contributed by atoms with Gasteiger partial charge >= 0.3 is 17.8 Å². The lowest BCUT2D eigenvalue weighted by Crippen LogP contribution is -2.40. The number of rotatable bonds is 6. The van der Waals surface area contributed by atoms with E-state index in [-0.39, 0.29) is 5.69 Å². The van der Waals surface area contributed by atoms with Crippen LogP contribution in [0, 0.1) is 19.3 Å². The summed E-state index contributed by atoms with van der Waals surface area (Å²) in [4.78, 5) is 37.4. The molecular weight excluding hydrogens is 523 g/mol. The van der Waals surface area contributed by atoms with Gasteiger partial charge in [0.2, 0.25) is 0 Å². The quantitative estimate of drug-likeness (QED) is 0.269. The van der Waals surface area contributed by atoms with Crippen LogP contribution in [0.4, 0.5) is 13.2 Å². The second kappa shape index (κ2) is 10.2. The summed E-state index contributed by atoms with van der Waals surface area (Å²) in [5.41, 5.74) is -1.72. The molecule has 0 aliphatic carbocycles. The van der Waals surface area contributed by atoms with E-state index >= 15 is 0 Å². The van der Waals surface area contributed by atoms with E-state index < -0.39 is 41.8 Å². The van der Waals surface area contributed by atoms with Gasteiger partial charge in [0.1, 0.15) is 11.4 Å². The van der Waals surface area contributed by atoms with Crippen molar-refractivity contribution in [2.75, 3.05) is 6.61 Å². The average molecular weight is 544 g/mol. The van der Waals surface area contributed by atoms with Crippen LogP contribution in [0.1, 0.15) is 18.2 Å². The smallest absolute Gasteiger partial charge is 0.431 e. The number of ether oxygens (including phenoxy) is 2. The van der Waals surface area contributed by atoms with Crippen molar-refractivity contribution in [2.24, 2.45) is 7.05 Å². The third-order valence-electron chi connectivity index (χ3n) is 5.60. The standard InChI is InChI=1S/C26H20F3N3O5S/c1-5-15(3)37-23(34)13-36-19-8-6-14(2)10-17(19)24-18-11-16(7-9-20(18)38-30-24)32-22(33)12-21(26(27,28)29)31(4)25(32)35/h1,6-12,15H,13H2,2-4H3. The van der Waals surface area contributed by atoms with Gasteiger partial charge in [-0.1, -0.05) is 17.6 Å². The van der Waals surface area contributed by atoms with Gasteiger partial charge in [0.15, 0.2) is 12.7 Å². The summed E-state index contributed by atoms with van der Waals surface area (Å²) < 4.78 is 56.7. The zero-order chi connectivity index (χ0) is 27.8. The monoisotopic (exact) mass is 543 g/mol. The fourth-order valence-corrected chi connectivity index (χ4v) is 4.52. The van der Waals surface area contributed by atoms with Gasteiger partial charge in [-0.25, -0.2) is 14.2 Å². The number of aromatic nitrogens is 3. The Bertz CT molecular complexity index is 1710. The van der Waals surface area contributed by atoms with Crippen LogP contribution in [0.25, 0.3) is 27.0 Å². The van der Waals surface area contributed by atoms with Gasteiger partial charge in [-0.05, 0) is 55.7 Å². The Balaban J connectivity index is 1.79. The molecule has 1 atom stereocenters. The molecule has 2 heterocycles. The molecule has 1 unspecified atom stereocenters. The fraction of sp³-hybridized carbons (Fsp3) is 0.231. The van der Waals surface area contributed by atoms with Gasteiger partial charge in [-0.15, -0.1) is 6.42 Å². The SMILES string of the molecule is C#CC(C)OC(=O)COc1ccc(C)cc1-c1nsc2ccc(-n3c(=O)cc(C(F)(F)F)n(C)c3=O)cc12. The number of alkyl halides is 3. The third-order valence-corrected chi connectivity index (χ3v) is 6.43. The van der Waals surface area contributed by atoms with Gasteiger partial charge < -0.3 is 9.47 Å². The highest BCUT2D eigenvalue weighted by Gasteiger charge is 2.35. The molecule has 2 aromatic heterocycles. The zero-order valence-corrected chi connectivity index (χ0v) is 21.1. The number of halogens is 3. The number of benzene rings is 2. The number of hydrogen-bond donors (Lipinski definition) is 0. The van der Waals surface area contributed by atoms with Crippen molar-refractivity contribution in [1.82, 2.24) is 13.5 Å². The van der Waals surface area contributed by atoms with Crippen LogP contribution >= 0.6 is 11.5 Å². The number of carbonyl (C=O) groups is 1. The molecule has 0 N–H and O–H groups in total. The first-order valence-electron chi connectivity index (χ1n) is 11.1. The number of nitrogens with zero attached hydrogens (tertiary/aromatic N) is 3. The Hall–Kier alpha value is -4.37. The number of aryl methyl sites for hydroxylation is 1. The maximum atomic E-state index is 13.2. The second-order valence-electron chi connectivity index (χ2n) is 8.34. The molecule has 0 saturated heterocycles. The molecule has 0 bridgehead atoms. The first-order chi connectivity index (χ1) is 17.9. The fourth-order valence-electron chi connectivity index (χ4n) is 3.75. The van der Waals surface area contributed by atoms with Crippen molar-refractivity contribution in [3.63, 3.8) is 0 Å². The van der Waals surface area contributed by atoms with Crippen LogP contribution in [0.5, 0.6) is 5.75 Å². The van der Waals surface area contributed by atoms with Crippen molar-refractivity contribution in [3.8, 4) is 35.0 Å². The molecule has 8 nitrogen and oxygen atoms in total. The Morgan fingerprint density at radius 1 is 1.18 bits per heavy atom. The van der Waals surface area contributed by atoms with E-state index in [1.165, 1.54) is 12.1 Å². The molecule has 12 heteroatoms. The highest BCUT2D eigenvalue weighted by molar-refractivity contribution is 7.13. The number of esters is 1. The summed E-state index contributed by atoms with van der Waals surface area (Å²) >= 11 is 1.14. The predicted octanol–water partition coefficient (Wildman–Crippen LogP) is 4.08. The maximum absolute atomic E-state index is 13.2. The van der Waals surface area contributed by atoms with E-state index in [1.54, 1.807) is 31.2 Å². The lowest BCUT2D eigenvalue weighted by Gasteiger charge is -2.14. The molecule has 0 radical (unpaired) electrons. The molecule has 196 valence electrons. The van der Waals surface area contributed by atoms with Crippen LogP contribution in [0.3, 0.4) is 0 Å². The maximum Gasteiger partial charge on any atom is 0.431 e. The van der Waals surface area contributed by atoms with Crippen LogP contribution in [-0.2, 0) is 22.8 Å². The van der Waals surface area contributed by atoms with Gasteiger partial charge in [-0.2, -0.15) is 17.5 Å². The highest BCUT2D eigenvalue weighted by Crippen LogP contribution is 2.37. The minimum absolute atomic E-state index is 0.0697. The van der Waals surface area contributed by atoms with Gasteiger partial charge in [0, 0.05) is 24.1 Å². The summed E-state index contributed by atoms with van der Waals surface area (Å²) in [5, 5.41) is 0.528. The summed E-state index contributed by atoms with van der Waals surface area (Å²) in [6.45, 7) is 2.98. The van der Waals surface area contributed by atoms with E-state index in [0.717, 1.165) is 24.1 Å². The van der Waals surface area contributed by atoms with Crippen molar-refractivity contribution in [3.05, 3.63) is 74.6 Å². The molecule has 0 aliphatic rings. The second-order valence-corrected chi connectivity index (χ2v) is 9.15. The van der Waals surface area contributed by atoms with Crippen molar-refractivity contribution in [2.45, 2.75) is 26.1 Å². The van der Waals surface area contributed by atoms with Crippen LogP contribution in [-0.4, -0.2) is 32.2 Å². The molecule has 0 aliphatic heterocycles. The molecule has 4 rings (SSSR count). The summed E-state index contributed by atoms with van der Waals surface area (Å²) in [6, 6.07) is 10.2. The first-order valence-corrected chi connectivity index (χ1v) is 11.9. The largest absolute Gasteiger partial charge is 0.481 e. The number of fused-ring (bicyclic) bond motifs is 1. The first kappa shape index (κ1) is 26.7. The Morgan fingerprint density at radius 3 is 2.61 bits per heavy atom. The van der Waals surface area contributed by atoms with Crippen molar-refractivity contribution >= 4 is 27.6 Å². The van der Waals surface area contributed by atoms with E-state index in [1.807, 2.05) is 6.92 Å². The van der Waals surface area contributed by atoms with Gasteiger partial charge in [0.05, 0.1) is 16.1 Å². The topological polar surface area (TPSA) is 92.4 Å². The number of carbonyl (C=O) groups excluding carboxylic acids is 1. The highest BCUT2D eigenvalue weighted by atomic mass is 32.1. The average Bonchev–Trinajstić information content (AvgIpc) is 3.28. The summed E-state index contributed by atoms with van der Waals surface area (Å²) in [5.74, 6) is 1.94. The van der Waals surface area contributed by atoms with E-state index in [9.17, 15) is 27.6 Å². The predicted molar refractivity (Wildman–Crippen MR) is 136 cm³/mol. The zero-order valence-electron chi connectivity index (χ0n) is 20.3. The van der Waals surface area contributed by atoms with Crippen molar-refractivity contribution in [1.29, 1.82) is 0 Å². The summed E-state index contributed by atoms with van der Waals surface area (Å²) in [6.07, 6.45) is -0.359. The molecule has 0 saturated carbocycles. The lowest BCUT2D eigenvalue weighted by atomic mass is 10.0. The Morgan fingerprint density at radius 2 is 1.92 bits per heavy atom. The molecule has 4 aromatic rings. The van der Waals surface area contributed by atoms with Gasteiger partial charge in [0.25, 0.3) is 5.56 Å². The number of hydrogen-bond acceptors (Lipinski definition) is 7. The molecule has 0 amide bonds. The Labute approximate surface area is 218 Å². The van der Waals surface area contributed by atoms with E-state index in [0.29, 0.717) is 42.3 Å². The molecule has 38 heavy (non-hydrogen) atoms.